The molecule has 218 valence electrons. The van der Waals surface area contributed by atoms with E-state index < -0.39 is 5.97 Å². The van der Waals surface area contributed by atoms with Gasteiger partial charge in [0.2, 0.25) is 5.76 Å². The van der Waals surface area contributed by atoms with Crippen molar-refractivity contribution in [1.29, 1.82) is 0 Å². The number of carbonyl (C=O) groups is 1. The number of aromatic amines is 1. The predicted octanol–water partition coefficient (Wildman–Crippen LogP) is 7.03. The summed E-state index contributed by atoms with van der Waals surface area (Å²) in [5.41, 5.74) is 4.01. The Balaban J connectivity index is 0.000000711. The van der Waals surface area contributed by atoms with Crippen LogP contribution in [0.3, 0.4) is 0 Å². The Labute approximate surface area is 239 Å². The van der Waals surface area contributed by atoms with Crippen LogP contribution in [-0.2, 0) is 11.8 Å². The summed E-state index contributed by atoms with van der Waals surface area (Å²) in [4.78, 5) is 24.2. The zero-order valence-electron chi connectivity index (χ0n) is 23.4. The van der Waals surface area contributed by atoms with Gasteiger partial charge in [-0.25, -0.2) is 9.48 Å². The van der Waals surface area contributed by atoms with Gasteiger partial charge in [0.25, 0.3) is 5.56 Å². The number of nitrogens with one attached hydrogen (secondary N) is 2. The van der Waals surface area contributed by atoms with Crippen LogP contribution in [0.2, 0.25) is 0 Å². The number of furan rings is 1. The number of para-hydroxylation sites is 1. The molecule has 0 spiro atoms. The molecule has 10 nitrogen and oxygen atoms in total. The van der Waals surface area contributed by atoms with Crippen molar-refractivity contribution in [1.82, 2.24) is 15.1 Å². The summed E-state index contributed by atoms with van der Waals surface area (Å²) in [6, 6.07) is 13.5. The van der Waals surface area contributed by atoms with Gasteiger partial charge < -0.3 is 19.9 Å². The van der Waals surface area contributed by atoms with Gasteiger partial charge in [-0.15, -0.1) is 10.2 Å². The summed E-state index contributed by atoms with van der Waals surface area (Å²) in [5, 5.41) is 34.1. The molecular weight excluding hydrogens is 522 g/mol. The molecule has 2 heterocycles. The number of hydrogen-bond donors (Lipinski definition) is 4. The number of aromatic carboxylic acids is 1. The lowest BCUT2D eigenvalue weighted by Crippen LogP contribution is -2.16. The van der Waals surface area contributed by atoms with Gasteiger partial charge in [0, 0.05) is 0 Å². The molecule has 0 radical (unpaired) electrons. The molecule has 0 bridgehead atoms. The molecule has 2 aromatic heterocycles. The maximum absolute atomic E-state index is 13.2. The smallest absolute Gasteiger partial charge is 0.371 e. The minimum atomic E-state index is -1.21. The Morgan fingerprint density at radius 2 is 1.85 bits per heavy atom. The molecule has 1 aliphatic rings. The number of fused-ring (bicyclic) bond motifs is 1. The molecule has 1 aliphatic carbocycles. The average Bonchev–Trinajstić information content (AvgIpc) is 3.61. The molecular formula is C31H39N5O5. The molecule has 5 rings (SSSR count). The number of H-pyrrole nitrogens is 1. The summed E-state index contributed by atoms with van der Waals surface area (Å²) >= 11 is 0. The first kappa shape index (κ1) is 31.1. The van der Waals surface area contributed by atoms with Crippen molar-refractivity contribution in [2.75, 3.05) is 13.1 Å². The number of hydrogen-bond acceptors (Lipinski definition) is 7. The number of phenols is 1. The maximum Gasteiger partial charge on any atom is 0.371 e. The minimum Gasteiger partial charge on any atom is -0.505 e. The minimum absolute atomic E-state index is 0. The molecule has 4 N–H and O–H groups in total. The SMILES string of the molecule is C.CCNCC.Cc1[nH]n(-c2ccc3c(c2)C(C)(C)CC3)c(=O)c1N=Nc1cccc(-c2ccc(C(=O)O)o2)c1O. The van der Waals surface area contributed by atoms with Crippen molar-refractivity contribution in [2.24, 2.45) is 10.2 Å². The zero-order chi connectivity index (χ0) is 29.0. The van der Waals surface area contributed by atoms with E-state index in [-0.39, 0.29) is 52.6 Å². The third-order valence-corrected chi connectivity index (χ3v) is 7.00. The van der Waals surface area contributed by atoms with Gasteiger partial charge in [-0.3, -0.25) is 9.89 Å². The van der Waals surface area contributed by atoms with E-state index in [9.17, 15) is 14.7 Å². The molecule has 0 aliphatic heterocycles. The highest BCUT2D eigenvalue weighted by molar-refractivity contribution is 5.85. The summed E-state index contributed by atoms with van der Waals surface area (Å²) in [6.45, 7) is 12.5. The van der Waals surface area contributed by atoms with E-state index >= 15 is 0 Å². The second kappa shape index (κ2) is 12.8. The lowest BCUT2D eigenvalue weighted by Gasteiger charge is -2.19. The summed E-state index contributed by atoms with van der Waals surface area (Å²) in [5.74, 6) is -1.52. The van der Waals surface area contributed by atoms with Gasteiger partial charge >= 0.3 is 5.97 Å². The molecule has 0 saturated heterocycles. The lowest BCUT2D eigenvalue weighted by molar-refractivity contribution is 0.0663. The molecule has 4 aromatic rings. The van der Waals surface area contributed by atoms with Crippen LogP contribution in [0.5, 0.6) is 5.75 Å². The second-order valence-corrected chi connectivity index (χ2v) is 10.3. The first-order valence-electron chi connectivity index (χ1n) is 13.3. The molecule has 41 heavy (non-hydrogen) atoms. The number of benzene rings is 2. The first-order valence-corrected chi connectivity index (χ1v) is 13.3. The number of nitrogens with zero attached hydrogens (tertiary/aromatic N) is 3. The number of azo groups is 1. The Kier molecular flexibility index (Phi) is 9.72. The van der Waals surface area contributed by atoms with E-state index in [1.54, 1.807) is 19.1 Å². The molecule has 2 aromatic carbocycles. The van der Waals surface area contributed by atoms with Crippen LogP contribution in [0.15, 0.2) is 68.0 Å². The van der Waals surface area contributed by atoms with E-state index in [1.165, 1.54) is 34.0 Å². The summed E-state index contributed by atoms with van der Waals surface area (Å²) in [6.07, 6.45) is 2.10. The van der Waals surface area contributed by atoms with Crippen molar-refractivity contribution >= 4 is 17.3 Å². The van der Waals surface area contributed by atoms with E-state index in [0.717, 1.165) is 31.6 Å². The predicted molar refractivity (Wildman–Crippen MR) is 160 cm³/mol. The topological polar surface area (TPSA) is 145 Å². The van der Waals surface area contributed by atoms with Gasteiger partial charge in [-0.1, -0.05) is 47.3 Å². The second-order valence-electron chi connectivity index (χ2n) is 10.3. The van der Waals surface area contributed by atoms with Gasteiger partial charge in [0.1, 0.15) is 11.4 Å². The van der Waals surface area contributed by atoms with E-state index in [4.69, 9.17) is 9.52 Å². The van der Waals surface area contributed by atoms with Gasteiger partial charge in [0.15, 0.2) is 11.4 Å². The molecule has 0 saturated carbocycles. The van der Waals surface area contributed by atoms with Gasteiger partial charge in [-0.2, -0.15) is 0 Å². The van der Waals surface area contributed by atoms with Crippen LogP contribution in [-0.4, -0.2) is 39.1 Å². The Morgan fingerprint density at radius 3 is 2.49 bits per heavy atom. The number of carboxylic acids is 1. The van der Waals surface area contributed by atoms with Crippen LogP contribution in [0.4, 0.5) is 11.4 Å². The first-order chi connectivity index (χ1) is 19.1. The molecule has 0 fully saturated rings. The molecule has 0 atom stereocenters. The van der Waals surface area contributed by atoms with Gasteiger partial charge in [0.05, 0.1) is 16.9 Å². The van der Waals surface area contributed by atoms with Gasteiger partial charge in [-0.05, 0) is 85.8 Å². The fourth-order valence-corrected chi connectivity index (χ4v) is 4.73. The van der Waals surface area contributed by atoms with E-state index in [0.29, 0.717) is 5.69 Å². The van der Waals surface area contributed by atoms with Crippen molar-refractivity contribution in [3.05, 3.63) is 81.5 Å². The fraction of sp³-hybridized carbons (Fsp3) is 0.355. The number of aryl methyl sites for hydroxylation is 2. The van der Waals surface area contributed by atoms with Crippen molar-refractivity contribution in [3.63, 3.8) is 0 Å². The number of rotatable bonds is 7. The number of phenolic OH excluding ortho intramolecular Hbond substituents is 1. The number of aromatic nitrogens is 2. The highest BCUT2D eigenvalue weighted by Gasteiger charge is 2.30. The summed E-state index contributed by atoms with van der Waals surface area (Å²) in [7, 11) is 0. The average molecular weight is 562 g/mol. The standard InChI is InChI=1S/C26H24N4O5.C4H11N.CH4/c1-14-22(24(32)30(29-14)16-8-7-15-11-12-26(2,3)18(15)13-16)28-27-19-6-4-5-17(23(19)31)20-9-10-21(35-20)25(33)34;1-3-5-4-2;/h4-10,13,29,31H,11-12H2,1-3H3,(H,33,34);5H,3-4H2,1-2H3;1H4. The monoisotopic (exact) mass is 561 g/mol. The molecule has 0 unspecified atom stereocenters. The fourth-order valence-electron chi connectivity index (χ4n) is 4.73. The number of carboxylic acid groups (broad SMARTS) is 1. The van der Waals surface area contributed by atoms with Crippen LogP contribution in [0, 0.1) is 6.92 Å². The number of aromatic hydroxyl groups is 1. The maximum atomic E-state index is 13.2. The highest BCUT2D eigenvalue weighted by atomic mass is 16.4. The van der Waals surface area contributed by atoms with Crippen LogP contribution in [0.25, 0.3) is 17.0 Å². The largest absolute Gasteiger partial charge is 0.505 e. The Hall–Kier alpha value is -4.44. The Bertz CT molecular complexity index is 1610. The van der Waals surface area contributed by atoms with E-state index in [2.05, 4.69) is 54.4 Å². The lowest BCUT2D eigenvalue weighted by atomic mass is 9.86. The normalized spacial score (nSPS) is 13.4. The van der Waals surface area contributed by atoms with Crippen molar-refractivity contribution in [2.45, 2.75) is 60.3 Å². The Morgan fingerprint density at radius 1 is 1.12 bits per heavy atom. The molecule has 0 amide bonds. The van der Waals surface area contributed by atoms with Crippen LogP contribution in [0.1, 0.15) is 68.9 Å². The zero-order valence-corrected chi connectivity index (χ0v) is 23.4. The third-order valence-electron chi connectivity index (χ3n) is 7.00. The van der Waals surface area contributed by atoms with Crippen molar-refractivity contribution in [3.8, 4) is 22.8 Å². The van der Waals surface area contributed by atoms with Crippen molar-refractivity contribution < 1.29 is 19.4 Å². The highest BCUT2D eigenvalue weighted by Crippen LogP contribution is 2.40. The quantitative estimate of drug-likeness (QED) is 0.178. The molecule has 10 heteroatoms. The van der Waals surface area contributed by atoms with Crippen LogP contribution >= 0.6 is 0 Å². The van der Waals surface area contributed by atoms with Crippen LogP contribution < -0.4 is 10.9 Å². The summed E-state index contributed by atoms with van der Waals surface area (Å²) < 4.78 is 6.73. The van der Waals surface area contributed by atoms with E-state index in [1.807, 2.05) is 12.1 Å². The third kappa shape index (κ3) is 6.49.